The molecule has 1 saturated heterocycles. The molecule has 124 valence electrons. The predicted octanol–water partition coefficient (Wildman–Crippen LogP) is 2.36. The van der Waals surface area contributed by atoms with Crippen LogP contribution in [0.1, 0.15) is 18.5 Å². The van der Waals surface area contributed by atoms with Crippen LogP contribution in [0.4, 0.5) is 0 Å². The number of carbonyl (C=O) groups is 1. The van der Waals surface area contributed by atoms with Gasteiger partial charge in [-0.15, -0.1) is 0 Å². The highest BCUT2D eigenvalue weighted by atomic mass is 16.5. The molecule has 0 aliphatic carbocycles. The standard InChI is InChI=1S/C19H21N3O2/c23-18(21-11-5-4-9-19(21)10-13-24-15-19)14-16-8-12-22(20-16)17-6-2-1-3-7-17/h1-8,12H,9-11,13-15H2. The van der Waals surface area contributed by atoms with Gasteiger partial charge in [0.05, 0.1) is 29.9 Å². The Bertz CT molecular complexity index is 745. The highest BCUT2D eigenvalue weighted by Gasteiger charge is 2.43. The quantitative estimate of drug-likeness (QED) is 0.815. The Labute approximate surface area is 141 Å². The van der Waals surface area contributed by atoms with Gasteiger partial charge in [-0.3, -0.25) is 4.79 Å². The fourth-order valence-electron chi connectivity index (χ4n) is 3.55. The van der Waals surface area contributed by atoms with Crippen molar-refractivity contribution in [2.24, 2.45) is 0 Å². The van der Waals surface area contributed by atoms with Gasteiger partial charge in [-0.2, -0.15) is 5.10 Å². The van der Waals surface area contributed by atoms with E-state index >= 15 is 0 Å². The molecule has 3 heterocycles. The van der Waals surface area contributed by atoms with E-state index in [2.05, 4.69) is 17.3 Å². The molecule has 1 unspecified atom stereocenters. The van der Waals surface area contributed by atoms with E-state index in [0.29, 0.717) is 19.6 Å². The summed E-state index contributed by atoms with van der Waals surface area (Å²) in [5.41, 5.74) is 1.65. The van der Waals surface area contributed by atoms with Crippen molar-refractivity contribution >= 4 is 5.91 Å². The van der Waals surface area contributed by atoms with E-state index in [1.54, 1.807) is 0 Å². The Morgan fingerprint density at radius 3 is 2.88 bits per heavy atom. The van der Waals surface area contributed by atoms with Gasteiger partial charge in [-0.25, -0.2) is 4.68 Å². The third-order valence-corrected chi connectivity index (χ3v) is 4.91. The summed E-state index contributed by atoms with van der Waals surface area (Å²) in [6.07, 6.45) is 8.28. The zero-order valence-corrected chi connectivity index (χ0v) is 13.6. The summed E-state index contributed by atoms with van der Waals surface area (Å²) < 4.78 is 7.40. The molecule has 1 amide bonds. The molecule has 24 heavy (non-hydrogen) atoms. The molecule has 4 rings (SSSR count). The Morgan fingerprint density at radius 2 is 2.08 bits per heavy atom. The topological polar surface area (TPSA) is 47.4 Å². The van der Waals surface area contributed by atoms with E-state index in [0.717, 1.165) is 30.8 Å². The van der Waals surface area contributed by atoms with Crippen molar-refractivity contribution in [3.05, 3.63) is 60.4 Å². The van der Waals surface area contributed by atoms with Crippen LogP contribution < -0.4 is 0 Å². The van der Waals surface area contributed by atoms with Gasteiger partial charge in [-0.05, 0) is 31.0 Å². The number of amides is 1. The molecular weight excluding hydrogens is 302 g/mol. The van der Waals surface area contributed by atoms with E-state index in [1.165, 1.54) is 0 Å². The lowest BCUT2D eigenvalue weighted by atomic mass is 9.89. The fourth-order valence-corrected chi connectivity index (χ4v) is 3.55. The zero-order chi connectivity index (χ0) is 16.4. The minimum Gasteiger partial charge on any atom is -0.379 e. The maximum atomic E-state index is 12.9. The first kappa shape index (κ1) is 15.1. The average molecular weight is 323 g/mol. The van der Waals surface area contributed by atoms with Gasteiger partial charge in [-0.1, -0.05) is 30.4 Å². The summed E-state index contributed by atoms with van der Waals surface area (Å²) in [5.74, 6) is 0.128. The molecule has 0 bridgehead atoms. The summed E-state index contributed by atoms with van der Waals surface area (Å²) in [7, 11) is 0. The van der Waals surface area contributed by atoms with Crippen LogP contribution in [-0.2, 0) is 16.0 Å². The summed E-state index contributed by atoms with van der Waals surface area (Å²) >= 11 is 0. The van der Waals surface area contributed by atoms with Crippen LogP contribution >= 0.6 is 0 Å². The summed E-state index contributed by atoms with van der Waals surface area (Å²) in [5, 5.41) is 4.55. The van der Waals surface area contributed by atoms with Crippen molar-refractivity contribution < 1.29 is 9.53 Å². The first-order valence-electron chi connectivity index (χ1n) is 8.40. The average Bonchev–Trinajstić information content (AvgIpc) is 3.26. The molecule has 2 aliphatic heterocycles. The number of ether oxygens (including phenoxy) is 1. The smallest absolute Gasteiger partial charge is 0.229 e. The fraction of sp³-hybridized carbons (Fsp3) is 0.368. The summed E-state index contributed by atoms with van der Waals surface area (Å²) in [4.78, 5) is 14.8. The Kier molecular flexibility index (Phi) is 3.94. The second-order valence-electron chi connectivity index (χ2n) is 6.47. The first-order valence-corrected chi connectivity index (χ1v) is 8.40. The van der Waals surface area contributed by atoms with E-state index < -0.39 is 0 Å². The van der Waals surface area contributed by atoms with Gasteiger partial charge in [0.1, 0.15) is 0 Å². The number of hydrogen-bond donors (Lipinski definition) is 0. The third kappa shape index (κ3) is 2.76. The Morgan fingerprint density at radius 1 is 1.21 bits per heavy atom. The van der Waals surface area contributed by atoms with Crippen molar-refractivity contribution in [3.63, 3.8) is 0 Å². The highest BCUT2D eigenvalue weighted by molar-refractivity contribution is 5.79. The molecule has 0 saturated carbocycles. The third-order valence-electron chi connectivity index (χ3n) is 4.91. The van der Waals surface area contributed by atoms with Crippen LogP contribution in [0.2, 0.25) is 0 Å². The lowest BCUT2D eigenvalue weighted by Gasteiger charge is -2.41. The van der Waals surface area contributed by atoms with Crippen molar-refractivity contribution in [3.8, 4) is 5.69 Å². The molecular formula is C19H21N3O2. The lowest BCUT2D eigenvalue weighted by Crippen LogP contribution is -2.54. The number of hydrogen-bond acceptors (Lipinski definition) is 3. The molecule has 0 radical (unpaired) electrons. The Balaban J connectivity index is 1.50. The minimum absolute atomic E-state index is 0.128. The number of nitrogens with zero attached hydrogens (tertiary/aromatic N) is 3. The largest absolute Gasteiger partial charge is 0.379 e. The van der Waals surface area contributed by atoms with Crippen LogP contribution in [-0.4, -0.2) is 45.9 Å². The molecule has 5 nitrogen and oxygen atoms in total. The van der Waals surface area contributed by atoms with Gasteiger partial charge in [0.15, 0.2) is 0 Å². The Hall–Kier alpha value is -2.40. The first-order chi connectivity index (χ1) is 11.8. The van der Waals surface area contributed by atoms with Gasteiger partial charge in [0.25, 0.3) is 0 Å². The molecule has 1 fully saturated rings. The van der Waals surface area contributed by atoms with E-state index in [1.807, 2.05) is 52.2 Å². The zero-order valence-electron chi connectivity index (χ0n) is 13.6. The number of carbonyl (C=O) groups excluding carboxylic acids is 1. The molecule has 5 heteroatoms. The molecule has 0 N–H and O–H groups in total. The van der Waals surface area contributed by atoms with E-state index in [4.69, 9.17) is 4.74 Å². The maximum absolute atomic E-state index is 12.9. The van der Waals surface area contributed by atoms with Crippen LogP contribution in [0.15, 0.2) is 54.7 Å². The predicted molar refractivity (Wildman–Crippen MR) is 90.9 cm³/mol. The summed E-state index contributed by atoms with van der Waals surface area (Å²) in [6, 6.07) is 11.8. The van der Waals surface area contributed by atoms with Gasteiger partial charge in [0, 0.05) is 19.3 Å². The van der Waals surface area contributed by atoms with Crippen molar-refractivity contribution in [1.82, 2.24) is 14.7 Å². The number of rotatable bonds is 3. The molecule has 1 aromatic carbocycles. The van der Waals surface area contributed by atoms with Crippen LogP contribution in [0.3, 0.4) is 0 Å². The van der Waals surface area contributed by atoms with Crippen molar-refractivity contribution in [2.45, 2.75) is 24.8 Å². The molecule has 2 aliphatic rings. The van der Waals surface area contributed by atoms with Crippen LogP contribution in [0.25, 0.3) is 5.69 Å². The normalized spacial score (nSPS) is 23.1. The second-order valence-corrected chi connectivity index (χ2v) is 6.47. The van der Waals surface area contributed by atoms with Crippen LogP contribution in [0.5, 0.6) is 0 Å². The highest BCUT2D eigenvalue weighted by Crippen LogP contribution is 2.33. The second kappa shape index (κ2) is 6.24. The molecule has 2 aromatic rings. The molecule has 1 aromatic heterocycles. The van der Waals surface area contributed by atoms with E-state index in [-0.39, 0.29) is 11.4 Å². The van der Waals surface area contributed by atoms with Gasteiger partial charge in [0.2, 0.25) is 5.91 Å². The lowest BCUT2D eigenvalue weighted by molar-refractivity contribution is -0.136. The van der Waals surface area contributed by atoms with Gasteiger partial charge >= 0.3 is 0 Å². The van der Waals surface area contributed by atoms with Gasteiger partial charge < -0.3 is 9.64 Å². The number of benzene rings is 1. The van der Waals surface area contributed by atoms with Crippen LogP contribution in [0, 0.1) is 0 Å². The summed E-state index contributed by atoms with van der Waals surface area (Å²) in [6.45, 7) is 2.05. The van der Waals surface area contributed by atoms with Crippen molar-refractivity contribution in [2.75, 3.05) is 19.8 Å². The van der Waals surface area contributed by atoms with E-state index in [9.17, 15) is 4.79 Å². The SMILES string of the molecule is O=C(Cc1ccn(-c2ccccc2)n1)N1CC=CCC12CCOC2. The number of para-hydroxylation sites is 1. The minimum atomic E-state index is -0.145. The molecule has 1 spiro atoms. The molecule has 1 atom stereocenters. The monoisotopic (exact) mass is 323 g/mol. The number of aromatic nitrogens is 2. The maximum Gasteiger partial charge on any atom is 0.229 e. The van der Waals surface area contributed by atoms with Crippen molar-refractivity contribution in [1.29, 1.82) is 0 Å².